The summed E-state index contributed by atoms with van der Waals surface area (Å²) in [5.41, 5.74) is 3.79. The molecule has 3 heterocycles. The summed E-state index contributed by atoms with van der Waals surface area (Å²) >= 11 is 0. The van der Waals surface area contributed by atoms with Gasteiger partial charge in [0.1, 0.15) is 6.23 Å². The van der Waals surface area contributed by atoms with Crippen LogP contribution < -0.4 is 14.8 Å². The van der Waals surface area contributed by atoms with E-state index in [2.05, 4.69) is 19.2 Å². The maximum absolute atomic E-state index is 14.5. The highest BCUT2D eigenvalue weighted by molar-refractivity contribution is 6.01. The fourth-order valence-corrected chi connectivity index (χ4v) is 6.78. The number of amides is 3. The molecule has 11 nitrogen and oxygen atoms in total. The van der Waals surface area contributed by atoms with Crippen LogP contribution in [-0.2, 0) is 17.8 Å². The first-order valence-corrected chi connectivity index (χ1v) is 18.0. The van der Waals surface area contributed by atoms with Crippen molar-refractivity contribution in [3.05, 3.63) is 113 Å². The van der Waals surface area contributed by atoms with Crippen molar-refractivity contribution >= 4 is 34.2 Å². The van der Waals surface area contributed by atoms with E-state index in [4.69, 9.17) is 14.6 Å². The number of aromatic nitrogens is 2. The number of aliphatic hydroxyl groups excluding tert-OH is 1. The second-order valence-corrected chi connectivity index (χ2v) is 13.4. The van der Waals surface area contributed by atoms with Gasteiger partial charge in [0.05, 0.1) is 11.3 Å². The van der Waals surface area contributed by atoms with Crippen molar-refractivity contribution in [1.82, 2.24) is 19.6 Å². The van der Waals surface area contributed by atoms with Gasteiger partial charge in [-0.05, 0) is 78.1 Å². The maximum Gasteiger partial charge on any atom is 0.322 e. The van der Waals surface area contributed by atoms with E-state index < -0.39 is 24.3 Å². The number of benzene rings is 4. The number of carbonyl (C=O) groups excluding carboxylic acids is 3. The van der Waals surface area contributed by atoms with Crippen molar-refractivity contribution in [3.63, 3.8) is 0 Å². The lowest BCUT2D eigenvalue weighted by Gasteiger charge is -2.34. The molecule has 3 amide bonds. The summed E-state index contributed by atoms with van der Waals surface area (Å²) in [6.07, 6.45) is 1.69. The van der Waals surface area contributed by atoms with Crippen LogP contribution in [-0.4, -0.2) is 68.0 Å². The van der Waals surface area contributed by atoms with Crippen LogP contribution >= 0.6 is 0 Å². The number of hydrogen-bond acceptors (Lipinski definition) is 7. The zero-order chi connectivity index (χ0) is 36.4. The van der Waals surface area contributed by atoms with Gasteiger partial charge in [-0.2, -0.15) is 5.10 Å². The smallest absolute Gasteiger partial charge is 0.322 e. The number of aliphatic hydroxyl groups is 1. The molecule has 4 aromatic carbocycles. The Hall–Kier alpha value is -5.68. The molecule has 0 spiro atoms. The van der Waals surface area contributed by atoms with Gasteiger partial charge >= 0.3 is 12.2 Å². The molecule has 0 aliphatic carbocycles. The zero-order valence-electron chi connectivity index (χ0n) is 29.7. The van der Waals surface area contributed by atoms with Gasteiger partial charge in [-0.25, -0.2) is 4.68 Å². The highest BCUT2D eigenvalue weighted by atomic mass is 16.7. The third kappa shape index (κ3) is 6.96. The van der Waals surface area contributed by atoms with E-state index in [1.807, 2.05) is 72.5 Å². The standard InChI is InChI=1S/C41H43N5O6/c1-4-6-18-44(19-7-5-2)40(50)33-20-26(3)46(43-33)34-17-16-31(24-32(34)39(49)45-25-30-15-11-10-14-29(30)23-37(45)47)42-38(48)41-51-35-21-27-12-8-9-13-28(27)22-36(35)52-41/h8-17,20-22,24,37,41,47H,4-7,18-19,23,25H2,1-3H3,(H,42,48)/t37-/m1/s1. The fraction of sp³-hybridized carbons (Fsp3) is 0.317. The van der Waals surface area contributed by atoms with E-state index in [9.17, 15) is 19.5 Å². The van der Waals surface area contributed by atoms with Crippen molar-refractivity contribution in [3.8, 4) is 17.2 Å². The molecule has 268 valence electrons. The molecular formula is C41H43N5O6. The number of nitrogens with zero attached hydrogens (tertiary/aromatic N) is 4. The van der Waals surface area contributed by atoms with Crippen LogP contribution in [0.15, 0.2) is 84.9 Å². The number of hydrogen-bond donors (Lipinski definition) is 2. The average Bonchev–Trinajstić information content (AvgIpc) is 3.76. The first-order valence-electron chi connectivity index (χ1n) is 18.0. The first kappa shape index (κ1) is 34.8. The highest BCUT2D eigenvalue weighted by Gasteiger charge is 2.34. The highest BCUT2D eigenvalue weighted by Crippen LogP contribution is 2.38. The number of unbranched alkanes of at least 4 members (excludes halogenated alkanes) is 2. The maximum atomic E-state index is 14.5. The molecule has 0 bridgehead atoms. The Morgan fingerprint density at radius 1 is 0.865 bits per heavy atom. The van der Waals surface area contributed by atoms with Gasteiger partial charge in [0.2, 0.25) is 0 Å². The largest absolute Gasteiger partial charge is 0.442 e. The monoisotopic (exact) mass is 701 g/mol. The summed E-state index contributed by atoms with van der Waals surface area (Å²) in [6, 6.07) is 25.8. The molecule has 1 atom stereocenters. The Morgan fingerprint density at radius 3 is 2.15 bits per heavy atom. The van der Waals surface area contributed by atoms with Crippen LogP contribution in [0, 0.1) is 6.92 Å². The number of ether oxygens (including phenoxy) is 2. The summed E-state index contributed by atoms with van der Waals surface area (Å²) in [5.74, 6) is -0.232. The minimum Gasteiger partial charge on any atom is -0.442 e. The lowest BCUT2D eigenvalue weighted by Crippen LogP contribution is -2.44. The van der Waals surface area contributed by atoms with Crippen molar-refractivity contribution < 1.29 is 29.0 Å². The Balaban J connectivity index is 1.20. The summed E-state index contributed by atoms with van der Waals surface area (Å²) in [5, 5.41) is 20.7. The summed E-state index contributed by atoms with van der Waals surface area (Å²) in [4.78, 5) is 44.9. The summed E-state index contributed by atoms with van der Waals surface area (Å²) < 4.78 is 13.3. The predicted octanol–water partition coefficient (Wildman–Crippen LogP) is 6.63. The molecule has 0 radical (unpaired) electrons. The van der Waals surface area contributed by atoms with Crippen LogP contribution in [0.5, 0.6) is 11.5 Å². The zero-order valence-corrected chi connectivity index (χ0v) is 29.7. The third-order valence-corrected chi connectivity index (χ3v) is 9.66. The van der Waals surface area contributed by atoms with E-state index in [-0.39, 0.29) is 30.1 Å². The molecule has 52 heavy (non-hydrogen) atoms. The molecule has 5 aromatic rings. The number of aryl methyl sites for hydroxylation is 1. The van der Waals surface area contributed by atoms with Crippen molar-refractivity contribution in [2.75, 3.05) is 18.4 Å². The molecule has 0 saturated heterocycles. The molecule has 7 rings (SSSR count). The first-order chi connectivity index (χ1) is 25.2. The molecule has 0 unspecified atom stereocenters. The summed E-state index contributed by atoms with van der Waals surface area (Å²) in [6.45, 7) is 7.51. The van der Waals surface area contributed by atoms with E-state index in [0.29, 0.717) is 41.7 Å². The van der Waals surface area contributed by atoms with Gasteiger partial charge < -0.3 is 29.7 Å². The van der Waals surface area contributed by atoms with Crippen molar-refractivity contribution in [1.29, 1.82) is 0 Å². The van der Waals surface area contributed by atoms with E-state index in [1.54, 1.807) is 28.9 Å². The number of rotatable bonds is 11. The normalized spacial score (nSPS) is 15.1. The Kier molecular flexibility index (Phi) is 9.95. The van der Waals surface area contributed by atoms with Crippen LogP contribution in [0.1, 0.15) is 77.2 Å². The quantitative estimate of drug-likeness (QED) is 0.158. The molecule has 0 fully saturated rings. The fourth-order valence-electron chi connectivity index (χ4n) is 6.78. The van der Waals surface area contributed by atoms with Crippen LogP contribution in [0.4, 0.5) is 5.69 Å². The van der Waals surface area contributed by atoms with E-state index >= 15 is 0 Å². The minimum absolute atomic E-state index is 0.158. The van der Waals surface area contributed by atoms with Gasteiger partial charge in [-0.1, -0.05) is 75.2 Å². The van der Waals surface area contributed by atoms with Crippen molar-refractivity contribution in [2.24, 2.45) is 0 Å². The van der Waals surface area contributed by atoms with Crippen molar-refractivity contribution in [2.45, 2.75) is 71.9 Å². The van der Waals surface area contributed by atoms with E-state index in [1.165, 1.54) is 4.90 Å². The van der Waals surface area contributed by atoms with Gasteiger partial charge in [-0.3, -0.25) is 14.4 Å². The van der Waals surface area contributed by atoms with Crippen LogP contribution in [0.2, 0.25) is 0 Å². The minimum atomic E-state index is -1.24. The van der Waals surface area contributed by atoms with Gasteiger partial charge in [0.15, 0.2) is 17.2 Å². The molecule has 0 saturated carbocycles. The van der Waals surface area contributed by atoms with Gasteiger partial charge in [0, 0.05) is 37.4 Å². The SMILES string of the molecule is CCCCN(CCCC)C(=O)c1cc(C)n(-c2ccc(NC(=O)C3Oc4cc5ccccc5cc4O3)cc2C(=O)N2Cc3ccccc3C[C@H]2O)n1. The number of anilines is 1. The topological polar surface area (TPSA) is 126 Å². The van der Waals surface area contributed by atoms with Gasteiger partial charge in [0.25, 0.3) is 11.8 Å². The van der Waals surface area contributed by atoms with Crippen LogP contribution in [0.3, 0.4) is 0 Å². The second-order valence-electron chi connectivity index (χ2n) is 13.4. The number of fused-ring (bicyclic) bond motifs is 3. The van der Waals surface area contributed by atoms with Gasteiger partial charge in [-0.15, -0.1) is 0 Å². The lowest BCUT2D eigenvalue weighted by atomic mass is 9.97. The average molecular weight is 702 g/mol. The Morgan fingerprint density at radius 2 is 1.50 bits per heavy atom. The molecule has 1 aromatic heterocycles. The number of nitrogens with one attached hydrogen (secondary N) is 1. The second kappa shape index (κ2) is 14.9. The molecule has 2 N–H and O–H groups in total. The lowest BCUT2D eigenvalue weighted by molar-refractivity contribution is -0.131. The Bertz CT molecular complexity index is 2090. The number of carbonyl (C=O) groups is 3. The third-order valence-electron chi connectivity index (χ3n) is 9.66. The molecular weight excluding hydrogens is 658 g/mol. The predicted molar refractivity (Wildman–Crippen MR) is 198 cm³/mol. The molecule has 2 aliphatic heterocycles. The summed E-state index contributed by atoms with van der Waals surface area (Å²) in [7, 11) is 0. The Labute approximate surface area is 302 Å². The molecule has 11 heteroatoms. The van der Waals surface area contributed by atoms with Crippen LogP contribution in [0.25, 0.3) is 16.5 Å². The molecule has 2 aliphatic rings. The van der Waals surface area contributed by atoms with E-state index in [0.717, 1.165) is 47.6 Å².